The van der Waals surface area contributed by atoms with Crippen LogP contribution in [0.3, 0.4) is 0 Å². The van der Waals surface area contributed by atoms with E-state index in [0.717, 1.165) is 0 Å². The zero-order valence-corrected chi connectivity index (χ0v) is 8.31. The van der Waals surface area contributed by atoms with Crippen LogP contribution in [0.4, 0.5) is 10.1 Å². The highest BCUT2D eigenvalue weighted by Crippen LogP contribution is 2.12. The largest absolute Gasteiger partial charge is 0.480 e. The van der Waals surface area contributed by atoms with Gasteiger partial charge in [-0.1, -0.05) is 0 Å². The molecule has 7 nitrogen and oxygen atoms in total. The first-order valence-corrected chi connectivity index (χ1v) is 4.43. The van der Waals surface area contributed by atoms with Crippen LogP contribution in [0.15, 0.2) is 6.20 Å². The lowest BCUT2D eigenvalue weighted by Crippen LogP contribution is -2.17. The summed E-state index contributed by atoms with van der Waals surface area (Å²) in [5.41, 5.74) is 5.12. The monoisotopic (exact) mass is 230 g/mol. The van der Waals surface area contributed by atoms with Crippen LogP contribution in [0, 0.1) is 0 Å². The van der Waals surface area contributed by atoms with Crippen molar-refractivity contribution in [2.75, 3.05) is 18.5 Å². The molecule has 0 radical (unpaired) electrons. The number of aryl methyl sites for hydroxylation is 1. The molecule has 0 spiro atoms. The number of carbonyl (C=O) groups excluding carboxylic acids is 1. The summed E-state index contributed by atoms with van der Waals surface area (Å²) in [6, 6.07) is 0. The molecule has 1 heterocycles. The van der Waals surface area contributed by atoms with Crippen molar-refractivity contribution in [1.82, 2.24) is 9.78 Å². The van der Waals surface area contributed by atoms with Gasteiger partial charge in [0.2, 0.25) is 0 Å². The number of nitrogens with one attached hydrogen (secondary N) is 1. The molecule has 0 fully saturated rings. The third-order valence-corrected chi connectivity index (χ3v) is 1.74. The minimum Gasteiger partial charge on any atom is -0.480 e. The van der Waals surface area contributed by atoms with Crippen molar-refractivity contribution in [3.63, 3.8) is 0 Å². The molecule has 1 rings (SSSR count). The fraction of sp³-hybridized carbons (Fsp3) is 0.375. The van der Waals surface area contributed by atoms with Gasteiger partial charge in [0.15, 0.2) is 5.69 Å². The summed E-state index contributed by atoms with van der Waals surface area (Å²) in [7, 11) is 0. The first kappa shape index (κ1) is 12.0. The van der Waals surface area contributed by atoms with Gasteiger partial charge in [-0.25, -0.2) is 4.39 Å². The van der Waals surface area contributed by atoms with Crippen LogP contribution in [0.5, 0.6) is 0 Å². The van der Waals surface area contributed by atoms with Crippen LogP contribution < -0.4 is 11.1 Å². The van der Waals surface area contributed by atoms with Crippen molar-refractivity contribution in [2.45, 2.75) is 6.54 Å². The predicted octanol–water partition coefficient (Wildman–Crippen LogP) is -0.552. The Hall–Kier alpha value is -2.12. The average molecular weight is 230 g/mol. The molecule has 88 valence electrons. The number of halogens is 1. The number of hydrogen-bond acceptors (Lipinski definition) is 4. The molecule has 4 N–H and O–H groups in total. The molecular weight excluding hydrogens is 219 g/mol. The first-order chi connectivity index (χ1) is 7.54. The Kier molecular flexibility index (Phi) is 3.81. The number of aliphatic carboxylic acids is 1. The molecule has 0 aliphatic rings. The second kappa shape index (κ2) is 5.10. The van der Waals surface area contributed by atoms with E-state index in [4.69, 9.17) is 10.8 Å². The van der Waals surface area contributed by atoms with Gasteiger partial charge in [0, 0.05) is 6.20 Å². The standard InChI is InChI=1S/C8H11FN4O3/c9-1-2-13-4-5(11-3-6(14)15)7(12-13)8(10)16/h4,11H,1-3H2,(H2,10,16)(H,14,15). The van der Waals surface area contributed by atoms with Crippen molar-refractivity contribution < 1.29 is 19.1 Å². The van der Waals surface area contributed by atoms with Gasteiger partial charge in [-0.3, -0.25) is 14.3 Å². The zero-order chi connectivity index (χ0) is 12.1. The second-order valence-electron chi connectivity index (χ2n) is 2.95. The molecule has 1 aromatic heterocycles. The molecule has 1 amide bonds. The number of alkyl halides is 1. The number of nitrogens with zero attached hydrogens (tertiary/aromatic N) is 2. The van der Waals surface area contributed by atoms with E-state index >= 15 is 0 Å². The molecule has 0 saturated carbocycles. The molecule has 0 aliphatic heterocycles. The summed E-state index contributed by atoms with van der Waals surface area (Å²) in [5.74, 6) is -1.89. The molecule has 0 aromatic carbocycles. The van der Waals surface area contributed by atoms with Gasteiger partial charge in [0.05, 0.1) is 12.2 Å². The summed E-state index contributed by atoms with van der Waals surface area (Å²) in [5, 5.41) is 14.6. The maximum absolute atomic E-state index is 12.0. The number of carboxylic acids is 1. The van der Waals surface area contributed by atoms with Gasteiger partial charge in [0.25, 0.3) is 5.91 Å². The lowest BCUT2D eigenvalue weighted by molar-refractivity contribution is -0.134. The Morgan fingerprint density at radius 2 is 2.31 bits per heavy atom. The number of nitrogens with two attached hydrogens (primary N) is 1. The summed E-state index contributed by atoms with van der Waals surface area (Å²) < 4.78 is 13.2. The predicted molar refractivity (Wildman–Crippen MR) is 52.8 cm³/mol. The zero-order valence-electron chi connectivity index (χ0n) is 8.31. The molecule has 0 bridgehead atoms. The quantitative estimate of drug-likeness (QED) is 0.607. The van der Waals surface area contributed by atoms with Crippen molar-refractivity contribution in [3.05, 3.63) is 11.9 Å². The van der Waals surface area contributed by atoms with Crippen LogP contribution in [-0.4, -0.2) is 40.0 Å². The Bertz CT molecular complexity index is 404. The van der Waals surface area contributed by atoms with Gasteiger partial charge < -0.3 is 16.2 Å². The number of anilines is 1. The van der Waals surface area contributed by atoms with E-state index in [-0.39, 0.29) is 24.5 Å². The number of hydrogen-bond donors (Lipinski definition) is 3. The van der Waals surface area contributed by atoms with E-state index < -0.39 is 18.6 Å². The number of carbonyl (C=O) groups is 2. The number of rotatable bonds is 6. The third kappa shape index (κ3) is 2.94. The molecule has 0 aliphatic carbocycles. The van der Waals surface area contributed by atoms with E-state index in [1.54, 1.807) is 0 Å². The second-order valence-corrected chi connectivity index (χ2v) is 2.95. The first-order valence-electron chi connectivity index (χ1n) is 4.43. The topological polar surface area (TPSA) is 110 Å². The van der Waals surface area contributed by atoms with Crippen molar-refractivity contribution in [2.24, 2.45) is 5.73 Å². The molecule has 0 unspecified atom stereocenters. The van der Waals surface area contributed by atoms with Crippen LogP contribution in [0.1, 0.15) is 10.5 Å². The fourth-order valence-electron chi connectivity index (χ4n) is 1.10. The van der Waals surface area contributed by atoms with Crippen LogP contribution in [0.25, 0.3) is 0 Å². The highest BCUT2D eigenvalue weighted by atomic mass is 19.1. The minimum atomic E-state index is -1.09. The van der Waals surface area contributed by atoms with Crippen molar-refractivity contribution >= 4 is 17.6 Å². The summed E-state index contributed by atoms with van der Waals surface area (Å²) >= 11 is 0. The van der Waals surface area contributed by atoms with E-state index in [9.17, 15) is 14.0 Å². The lowest BCUT2D eigenvalue weighted by atomic mass is 10.3. The van der Waals surface area contributed by atoms with E-state index in [2.05, 4.69) is 10.4 Å². The smallest absolute Gasteiger partial charge is 0.322 e. The molecular formula is C8H11FN4O3. The van der Waals surface area contributed by atoms with Gasteiger partial charge in [-0.15, -0.1) is 0 Å². The van der Waals surface area contributed by atoms with Crippen LogP contribution in [0.2, 0.25) is 0 Å². The maximum Gasteiger partial charge on any atom is 0.322 e. The normalized spacial score (nSPS) is 10.1. The number of primary amides is 1. The Balaban J connectivity index is 2.86. The van der Waals surface area contributed by atoms with Gasteiger partial charge in [-0.2, -0.15) is 5.10 Å². The molecule has 8 heteroatoms. The number of amides is 1. The Morgan fingerprint density at radius 3 is 2.81 bits per heavy atom. The lowest BCUT2D eigenvalue weighted by Gasteiger charge is -1.99. The summed E-state index contributed by atoms with van der Waals surface area (Å²) in [6.07, 6.45) is 1.34. The van der Waals surface area contributed by atoms with Gasteiger partial charge >= 0.3 is 5.97 Å². The van der Waals surface area contributed by atoms with Crippen molar-refractivity contribution in [1.29, 1.82) is 0 Å². The van der Waals surface area contributed by atoms with Crippen LogP contribution >= 0.6 is 0 Å². The molecule has 0 atom stereocenters. The average Bonchev–Trinajstić information content (AvgIpc) is 2.59. The van der Waals surface area contributed by atoms with Crippen LogP contribution in [-0.2, 0) is 11.3 Å². The van der Waals surface area contributed by atoms with Gasteiger partial charge in [-0.05, 0) is 0 Å². The highest BCUT2D eigenvalue weighted by Gasteiger charge is 2.14. The Labute approximate surface area is 90.0 Å². The number of aromatic nitrogens is 2. The third-order valence-electron chi connectivity index (χ3n) is 1.74. The molecule has 1 aromatic rings. The minimum absolute atomic E-state index is 0.0188. The Morgan fingerprint density at radius 1 is 1.62 bits per heavy atom. The van der Waals surface area contributed by atoms with E-state index in [1.165, 1.54) is 10.9 Å². The van der Waals surface area contributed by atoms with Gasteiger partial charge in [0.1, 0.15) is 13.2 Å². The summed E-state index contributed by atoms with van der Waals surface area (Å²) in [4.78, 5) is 21.3. The maximum atomic E-state index is 12.0. The van der Waals surface area contributed by atoms with Crippen molar-refractivity contribution in [3.8, 4) is 0 Å². The SMILES string of the molecule is NC(=O)c1nn(CCF)cc1NCC(=O)O. The van der Waals surface area contributed by atoms with E-state index in [1.807, 2.05) is 0 Å². The number of carboxylic acid groups (broad SMARTS) is 1. The highest BCUT2D eigenvalue weighted by molar-refractivity contribution is 5.96. The fourth-order valence-corrected chi connectivity index (χ4v) is 1.10. The molecule has 16 heavy (non-hydrogen) atoms. The summed E-state index contributed by atoms with van der Waals surface area (Å²) in [6.45, 7) is -1.03. The molecule has 0 saturated heterocycles. The van der Waals surface area contributed by atoms with E-state index in [0.29, 0.717) is 0 Å².